The maximum absolute atomic E-state index is 11.8. The van der Waals surface area contributed by atoms with Crippen molar-refractivity contribution < 1.29 is 4.79 Å². The Morgan fingerprint density at radius 1 is 1.10 bits per heavy atom. The number of nitrogens with zero attached hydrogens (tertiary/aromatic N) is 5. The van der Waals surface area contributed by atoms with Gasteiger partial charge in [-0.05, 0) is 31.4 Å². The molecule has 1 amide bonds. The Hall–Kier alpha value is -2.11. The van der Waals surface area contributed by atoms with E-state index in [4.69, 9.17) is 0 Å². The van der Waals surface area contributed by atoms with E-state index in [1.807, 2.05) is 28.8 Å². The van der Waals surface area contributed by atoms with E-state index >= 15 is 0 Å². The SMILES string of the molecule is O=C1CCCN1C1CCN(c2nnc3ccccn23)CC1. The summed E-state index contributed by atoms with van der Waals surface area (Å²) in [4.78, 5) is 16.2. The van der Waals surface area contributed by atoms with Crippen molar-refractivity contribution in [3.63, 3.8) is 0 Å². The number of likely N-dealkylation sites (tertiary alicyclic amines) is 1. The fourth-order valence-corrected chi connectivity index (χ4v) is 3.48. The number of fused-ring (bicyclic) bond motifs is 1. The van der Waals surface area contributed by atoms with E-state index in [2.05, 4.69) is 20.0 Å². The summed E-state index contributed by atoms with van der Waals surface area (Å²) in [5.74, 6) is 1.25. The van der Waals surface area contributed by atoms with Gasteiger partial charge in [-0.2, -0.15) is 0 Å². The maximum atomic E-state index is 11.8. The Morgan fingerprint density at radius 2 is 1.95 bits per heavy atom. The molecule has 2 aliphatic rings. The molecule has 0 saturated carbocycles. The van der Waals surface area contributed by atoms with E-state index < -0.39 is 0 Å². The monoisotopic (exact) mass is 285 g/mol. The van der Waals surface area contributed by atoms with Gasteiger partial charge in [0, 0.05) is 38.3 Å². The Labute approximate surface area is 123 Å². The van der Waals surface area contributed by atoms with Crippen LogP contribution in [0.1, 0.15) is 25.7 Å². The standard InChI is InChI=1S/C15H19N5O/c21-14-5-3-9-19(14)12-6-10-18(11-7-12)15-17-16-13-4-1-2-8-20(13)15/h1-2,4,8,12H,3,5-7,9-11H2. The highest BCUT2D eigenvalue weighted by Gasteiger charge is 2.31. The molecule has 6 nitrogen and oxygen atoms in total. The first kappa shape index (κ1) is 12.6. The van der Waals surface area contributed by atoms with Crippen molar-refractivity contribution in [2.24, 2.45) is 0 Å². The molecule has 0 N–H and O–H groups in total. The highest BCUT2D eigenvalue weighted by Crippen LogP contribution is 2.24. The fourth-order valence-electron chi connectivity index (χ4n) is 3.48. The van der Waals surface area contributed by atoms with Gasteiger partial charge in [0.05, 0.1) is 0 Å². The van der Waals surface area contributed by atoms with Crippen LogP contribution in [-0.2, 0) is 4.79 Å². The lowest BCUT2D eigenvalue weighted by Gasteiger charge is -2.36. The molecule has 0 unspecified atom stereocenters. The summed E-state index contributed by atoms with van der Waals surface area (Å²) in [5, 5.41) is 8.52. The van der Waals surface area contributed by atoms with Crippen LogP contribution in [-0.4, -0.2) is 51.1 Å². The van der Waals surface area contributed by atoms with Crippen molar-refractivity contribution in [3.05, 3.63) is 24.4 Å². The summed E-state index contributed by atoms with van der Waals surface area (Å²) >= 11 is 0. The van der Waals surface area contributed by atoms with Crippen molar-refractivity contribution in [3.8, 4) is 0 Å². The summed E-state index contributed by atoms with van der Waals surface area (Å²) in [5.41, 5.74) is 0.879. The molecule has 0 aliphatic carbocycles. The summed E-state index contributed by atoms with van der Waals surface area (Å²) < 4.78 is 2.03. The van der Waals surface area contributed by atoms with E-state index in [0.717, 1.165) is 56.9 Å². The molecule has 2 aromatic heterocycles. The minimum Gasteiger partial charge on any atom is -0.340 e. The molecular weight excluding hydrogens is 266 g/mol. The number of carbonyl (C=O) groups is 1. The minimum absolute atomic E-state index is 0.335. The van der Waals surface area contributed by atoms with Crippen molar-refractivity contribution in [1.82, 2.24) is 19.5 Å². The summed E-state index contributed by atoms with van der Waals surface area (Å²) in [6.45, 7) is 2.81. The molecule has 110 valence electrons. The van der Waals surface area contributed by atoms with Gasteiger partial charge in [0.25, 0.3) is 0 Å². The normalized spacial score (nSPS) is 20.7. The fraction of sp³-hybridized carbons (Fsp3) is 0.533. The topological polar surface area (TPSA) is 53.7 Å². The van der Waals surface area contributed by atoms with Crippen LogP contribution in [0, 0.1) is 0 Å². The van der Waals surface area contributed by atoms with Crippen LogP contribution in [0.25, 0.3) is 5.65 Å². The molecule has 4 rings (SSSR count). The lowest BCUT2D eigenvalue weighted by molar-refractivity contribution is -0.130. The number of hydrogen-bond donors (Lipinski definition) is 0. The van der Waals surface area contributed by atoms with E-state index in [0.29, 0.717) is 11.9 Å². The number of aromatic nitrogens is 3. The van der Waals surface area contributed by atoms with Gasteiger partial charge < -0.3 is 9.80 Å². The third kappa shape index (κ3) is 2.14. The first-order valence-corrected chi connectivity index (χ1v) is 7.67. The summed E-state index contributed by atoms with van der Waals surface area (Å²) in [6, 6.07) is 6.34. The zero-order valence-corrected chi connectivity index (χ0v) is 12.0. The van der Waals surface area contributed by atoms with Crippen LogP contribution in [0.4, 0.5) is 5.95 Å². The molecule has 6 heteroatoms. The number of pyridine rings is 1. The number of anilines is 1. The van der Waals surface area contributed by atoms with E-state index in [9.17, 15) is 4.79 Å². The van der Waals surface area contributed by atoms with Crippen LogP contribution in [0.5, 0.6) is 0 Å². The molecule has 2 fully saturated rings. The van der Waals surface area contributed by atoms with Gasteiger partial charge in [-0.15, -0.1) is 10.2 Å². The molecule has 0 aromatic carbocycles. The Bertz CT molecular complexity index is 659. The van der Waals surface area contributed by atoms with Crippen LogP contribution in [0.15, 0.2) is 24.4 Å². The van der Waals surface area contributed by atoms with Gasteiger partial charge in [-0.3, -0.25) is 9.20 Å². The van der Waals surface area contributed by atoms with Crippen LogP contribution < -0.4 is 4.90 Å². The summed E-state index contributed by atoms with van der Waals surface area (Å²) in [7, 11) is 0. The van der Waals surface area contributed by atoms with Gasteiger partial charge >= 0.3 is 0 Å². The molecule has 4 heterocycles. The average Bonchev–Trinajstić information content (AvgIpc) is 3.14. The number of piperidine rings is 1. The first-order valence-electron chi connectivity index (χ1n) is 7.67. The van der Waals surface area contributed by atoms with Crippen LogP contribution >= 0.6 is 0 Å². The third-order valence-electron chi connectivity index (χ3n) is 4.59. The molecule has 2 aromatic rings. The lowest BCUT2D eigenvalue weighted by atomic mass is 10.0. The number of rotatable bonds is 2. The molecule has 21 heavy (non-hydrogen) atoms. The van der Waals surface area contributed by atoms with Crippen molar-refractivity contribution in [1.29, 1.82) is 0 Å². The quantitative estimate of drug-likeness (QED) is 0.835. The predicted molar refractivity (Wildman–Crippen MR) is 79.2 cm³/mol. The van der Waals surface area contributed by atoms with E-state index in [1.165, 1.54) is 0 Å². The van der Waals surface area contributed by atoms with Gasteiger partial charge in [-0.1, -0.05) is 6.07 Å². The average molecular weight is 285 g/mol. The lowest BCUT2D eigenvalue weighted by Crippen LogP contribution is -2.45. The van der Waals surface area contributed by atoms with Crippen LogP contribution in [0.3, 0.4) is 0 Å². The summed E-state index contributed by atoms with van der Waals surface area (Å²) in [6.07, 6.45) is 5.80. The van der Waals surface area contributed by atoms with Crippen molar-refractivity contribution >= 4 is 17.5 Å². The molecular formula is C15H19N5O. The number of hydrogen-bond acceptors (Lipinski definition) is 4. The zero-order chi connectivity index (χ0) is 14.2. The molecule has 0 radical (unpaired) electrons. The Balaban J connectivity index is 1.49. The van der Waals surface area contributed by atoms with E-state index in [-0.39, 0.29) is 0 Å². The highest BCUT2D eigenvalue weighted by molar-refractivity contribution is 5.78. The van der Waals surface area contributed by atoms with Gasteiger partial charge in [0.2, 0.25) is 11.9 Å². The molecule has 2 saturated heterocycles. The Kier molecular flexibility index (Phi) is 3.02. The third-order valence-corrected chi connectivity index (χ3v) is 4.59. The Morgan fingerprint density at radius 3 is 2.71 bits per heavy atom. The maximum Gasteiger partial charge on any atom is 0.231 e. The second kappa shape index (κ2) is 5.02. The minimum atomic E-state index is 0.335. The van der Waals surface area contributed by atoms with Gasteiger partial charge in [0.1, 0.15) is 0 Å². The number of carbonyl (C=O) groups excluding carboxylic acids is 1. The smallest absolute Gasteiger partial charge is 0.231 e. The first-order chi connectivity index (χ1) is 10.3. The number of amides is 1. The highest BCUT2D eigenvalue weighted by atomic mass is 16.2. The second-order valence-electron chi connectivity index (χ2n) is 5.84. The van der Waals surface area contributed by atoms with Crippen molar-refractivity contribution in [2.45, 2.75) is 31.7 Å². The predicted octanol–water partition coefficient (Wildman–Crippen LogP) is 1.32. The van der Waals surface area contributed by atoms with Crippen molar-refractivity contribution in [2.75, 3.05) is 24.5 Å². The van der Waals surface area contributed by atoms with Gasteiger partial charge in [0.15, 0.2) is 5.65 Å². The molecule has 0 atom stereocenters. The zero-order valence-electron chi connectivity index (χ0n) is 12.0. The molecule has 2 aliphatic heterocycles. The molecule has 0 bridgehead atoms. The molecule has 0 spiro atoms. The second-order valence-corrected chi connectivity index (χ2v) is 5.84. The van der Waals surface area contributed by atoms with Crippen LogP contribution in [0.2, 0.25) is 0 Å². The van der Waals surface area contributed by atoms with E-state index in [1.54, 1.807) is 0 Å². The van der Waals surface area contributed by atoms with Gasteiger partial charge in [-0.25, -0.2) is 0 Å². The largest absolute Gasteiger partial charge is 0.340 e.